The fraction of sp³-hybridized carbons (Fsp3) is 0.120. The molecular weight excluding hydrogens is 342 g/mol. The SMILES string of the molecule is CC[n+]1c(C)n(-c2ccccc2)c2cc(-c3ccc4ccccc4n3)ccc21. The summed E-state index contributed by atoms with van der Waals surface area (Å²) >= 11 is 0. The van der Waals surface area contributed by atoms with Crippen LogP contribution >= 0.6 is 0 Å². The Balaban J connectivity index is 1.76. The zero-order valence-electron chi connectivity index (χ0n) is 16.1. The van der Waals surface area contributed by atoms with Gasteiger partial charge in [-0.25, -0.2) is 9.55 Å². The van der Waals surface area contributed by atoms with Gasteiger partial charge in [-0.1, -0.05) is 42.5 Å². The number of fused-ring (bicyclic) bond motifs is 2. The van der Waals surface area contributed by atoms with Gasteiger partial charge >= 0.3 is 0 Å². The minimum Gasteiger partial charge on any atom is -0.248 e. The number of nitrogens with zero attached hydrogens (tertiary/aromatic N) is 3. The lowest BCUT2D eigenvalue weighted by Gasteiger charge is -2.04. The molecule has 0 fully saturated rings. The van der Waals surface area contributed by atoms with Gasteiger partial charge in [0.05, 0.1) is 17.8 Å². The molecule has 2 aromatic heterocycles. The largest absolute Gasteiger partial charge is 0.259 e. The highest BCUT2D eigenvalue weighted by atomic mass is 15.2. The summed E-state index contributed by atoms with van der Waals surface area (Å²) in [4.78, 5) is 4.89. The van der Waals surface area contributed by atoms with E-state index in [9.17, 15) is 0 Å². The van der Waals surface area contributed by atoms with Gasteiger partial charge in [0.15, 0.2) is 11.0 Å². The standard InChI is InChI=1S/C25H22N3/c1-3-27-18(2)28(21-10-5-4-6-11-21)25-17-20(14-16-24(25)27)23-15-13-19-9-7-8-12-22(19)26-23/h4-17H,3H2,1-2H3/q+1. The molecule has 3 heteroatoms. The topological polar surface area (TPSA) is 21.7 Å². The first-order valence-corrected chi connectivity index (χ1v) is 9.73. The molecule has 0 spiro atoms. The number of rotatable bonds is 3. The lowest BCUT2D eigenvalue weighted by Crippen LogP contribution is -2.34. The van der Waals surface area contributed by atoms with Crippen LogP contribution in [-0.4, -0.2) is 9.55 Å². The van der Waals surface area contributed by atoms with Crippen LogP contribution in [0.3, 0.4) is 0 Å². The third-order valence-electron chi connectivity index (χ3n) is 5.45. The highest BCUT2D eigenvalue weighted by molar-refractivity contribution is 5.85. The Bertz CT molecular complexity index is 1300. The normalized spacial score (nSPS) is 11.4. The van der Waals surface area contributed by atoms with Crippen molar-refractivity contribution in [3.05, 3.63) is 90.8 Å². The van der Waals surface area contributed by atoms with Gasteiger partial charge < -0.3 is 0 Å². The summed E-state index contributed by atoms with van der Waals surface area (Å²) in [6, 6.07) is 29.7. The summed E-state index contributed by atoms with van der Waals surface area (Å²) in [5, 5.41) is 1.17. The highest BCUT2D eigenvalue weighted by Crippen LogP contribution is 2.27. The monoisotopic (exact) mass is 364 g/mol. The van der Waals surface area contributed by atoms with Gasteiger partial charge in [0.2, 0.25) is 0 Å². The summed E-state index contributed by atoms with van der Waals surface area (Å²) < 4.78 is 4.70. The highest BCUT2D eigenvalue weighted by Gasteiger charge is 2.22. The van der Waals surface area contributed by atoms with Crippen LogP contribution in [0.1, 0.15) is 12.7 Å². The molecule has 0 atom stereocenters. The average Bonchev–Trinajstić information content (AvgIpc) is 3.04. The van der Waals surface area contributed by atoms with Crippen molar-refractivity contribution < 1.29 is 4.57 Å². The molecular formula is C25H22N3+. The number of hydrogen-bond acceptors (Lipinski definition) is 1. The summed E-state index contributed by atoms with van der Waals surface area (Å²) in [6.07, 6.45) is 0. The van der Waals surface area contributed by atoms with Crippen molar-refractivity contribution in [1.29, 1.82) is 0 Å². The third-order valence-corrected chi connectivity index (χ3v) is 5.45. The molecule has 0 radical (unpaired) electrons. The van der Waals surface area contributed by atoms with Crippen LogP contribution in [0.4, 0.5) is 0 Å². The molecule has 0 aliphatic rings. The van der Waals surface area contributed by atoms with E-state index in [1.165, 1.54) is 27.9 Å². The van der Waals surface area contributed by atoms with Crippen molar-refractivity contribution in [3.8, 4) is 16.9 Å². The molecule has 28 heavy (non-hydrogen) atoms. The first kappa shape index (κ1) is 16.7. The fourth-order valence-corrected chi connectivity index (χ4v) is 4.09. The molecule has 0 amide bonds. The van der Waals surface area contributed by atoms with E-state index in [0.717, 1.165) is 23.3 Å². The number of para-hydroxylation sites is 2. The summed E-state index contributed by atoms with van der Waals surface area (Å²) in [5.41, 5.74) is 6.80. The van der Waals surface area contributed by atoms with Gasteiger partial charge in [-0.15, -0.1) is 0 Å². The zero-order chi connectivity index (χ0) is 19.1. The van der Waals surface area contributed by atoms with Crippen molar-refractivity contribution in [2.45, 2.75) is 20.4 Å². The maximum Gasteiger partial charge on any atom is 0.259 e. The number of hydrogen-bond donors (Lipinski definition) is 0. The Kier molecular flexibility index (Phi) is 3.94. The maximum atomic E-state index is 4.89. The van der Waals surface area contributed by atoms with E-state index in [-0.39, 0.29) is 0 Å². The van der Waals surface area contributed by atoms with Crippen LogP contribution in [-0.2, 0) is 6.54 Å². The van der Waals surface area contributed by atoms with Crippen LogP contribution in [0.2, 0.25) is 0 Å². The molecule has 0 saturated heterocycles. The number of pyridine rings is 1. The number of aryl methyl sites for hydroxylation is 1. The second kappa shape index (κ2) is 6.61. The van der Waals surface area contributed by atoms with Crippen molar-refractivity contribution in [2.24, 2.45) is 0 Å². The Morgan fingerprint density at radius 2 is 1.64 bits per heavy atom. The summed E-state index contributed by atoms with van der Waals surface area (Å²) in [6.45, 7) is 5.32. The first-order chi connectivity index (χ1) is 13.8. The van der Waals surface area contributed by atoms with Crippen LogP contribution in [0.15, 0.2) is 84.9 Å². The summed E-state index contributed by atoms with van der Waals surface area (Å²) in [7, 11) is 0. The minimum absolute atomic E-state index is 0.940. The predicted octanol–water partition coefficient (Wildman–Crippen LogP) is 5.46. The molecule has 5 rings (SSSR count). The Labute approximate surface area is 164 Å². The van der Waals surface area contributed by atoms with E-state index >= 15 is 0 Å². The smallest absolute Gasteiger partial charge is 0.248 e. The lowest BCUT2D eigenvalue weighted by molar-refractivity contribution is -0.674. The molecule has 136 valence electrons. The lowest BCUT2D eigenvalue weighted by atomic mass is 10.1. The van der Waals surface area contributed by atoms with Crippen molar-refractivity contribution >= 4 is 21.9 Å². The minimum atomic E-state index is 0.940. The Morgan fingerprint density at radius 1 is 0.857 bits per heavy atom. The molecule has 0 aliphatic heterocycles. The number of aromatic nitrogens is 3. The van der Waals surface area contributed by atoms with E-state index in [4.69, 9.17) is 4.98 Å². The molecule has 5 aromatic rings. The molecule has 0 unspecified atom stereocenters. The van der Waals surface area contributed by atoms with Crippen molar-refractivity contribution in [3.63, 3.8) is 0 Å². The number of imidazole rings is 1. The van der Waals surface area contributed by atoms with Gasteiger partial charge in [0.1, 0.15) is 5.69 Å². The molecule has 0 saturated carbocycles. The van der Waals surface area contributed by atoms with Crippen LogP contribution < -0.4 is 4.57 Å². The van der Waals surface area contributed by atoms with Gasteiger partial charge in [-0.05, 0) is 49.4 Å². The second-order valence-electron chi connectivity index (χ2n) is 7.06. The first-order valence-electron chi connectivity index (χ1n) is 9.73. The Hall–Kier alpha value is -3.46. The van der Waals surface area contributed by atoms with Gasteiger partial charge in [-0.2, -0.15) is 4.57 Å². The van der Waals surface area contributed by atoms with E-state index in [0.29, 0.717) is 0 Å². The number of benzene rings is 3. The van der Waals surface area contributed by atoms with Crippen molar-refractivity contribution in [1.82, 2.24) is 9.55 Å². The average molecular weight is 364 g/mol. The van der Waals surface area contributed by atoms with Gasteiger partial charge in [-0.3, -0.25) is 0 Å². The maximum absolute atomic E-state index is 4.89. The quantitative estimate of drug-likeness (QED) is 0.390. The van der Waals surface area contributed by atoms with Gasteiger partial charge in [0, 0.05) is 17.9 Å². The van der Waals surface area contributed by atoms with E-state index in [1.54, 1.807) is 0 Å². The molecule has 3 nitrogen and oxygen atoms in total. The molecule has 0 bridgehead atoms. The predicted molar refractivity (Wildman–Crippen MR) is 115 cm³/mol. The van der Waals surface area contributed by atoms with Crippen LogP contribution in [0.5, 0.6) is 0 Å². The van der Waals surface area contributed by atoms with Crippen LogP contribution in [0, 0.1) is 6.92 Å². The zero-order valence-corrected chi connectivity index (χ0v) is 16.1. The van der Waals surface area contributed by atoms with E-state index < -0.39 is 0 Å². The third kappa shape index (κ3) is 2.59. The Morgan fingerprint density at radius 3 is 2.46 bits per heavy atom. The molecule has 3 aromatic carbocycles. The fourth-order valence-electron chi connectivity index (χ4n) is 4.09. The molecule has 2 heterocycles. The molecule has 0 aliphatic carbocycles. The van der Waals surface area contributed by atoms with Crippen LogP contribution in [0.25, 0.3) is 38.9 Å². The summed E-state index contributed by atoms with van der Waals surface area (Å²) in [5.74, 6) is 1.23. The van der Waals surface area contributed by atoms with Gasteiger partial charge in [0.25, 0.3) is 5.82 Å². The second-order valence-corrected chi connectivity index (χ2v) is 7.06. The van der Waals surface area contributed by atoms with E-state index in [1.807, 2.05) is 6.07 Å². The van der Waals surface area contributed by atoms with E-state index in [2.05, 4.69) is 102 Å². The van der Waals surface area contributed by atoms with Crippen molar-refractivity contribution in [2.75, 3.05) is 0 Å². The molecule has 0 N–H and O–H groups in total.